The van der Waals surface area contributed by atoms with Crippen LogP contribution < -0.4 is 0 Å². The van der Waals surface area contributed by atoms with Gasteiger partial charge in [0.1, 0.15) is 0 Å². The molecule has 0 bridgehead atoms. The third kappa shape index (κ3) is 2.98. The van der Waals surface area contributed by atoms with Gasteiger partial charge in [-0.1, -0.05) is 6.92 Å². The minimum absolute atomic E-state index is 0.0545. The topological polar surface area (TPSA) is 87.2 Å². The summed E-state index contributed by atoms with van der Waals surface area (Å²) in [6.45, 7) is 6.40. The van der Waals surface area contributed by atoms with Crippen LogP contribution in [0, 0.1) is 11.8 Å². The molecule has 0 aromatic heterocycles. The van der Waals surface area contributed by atoms with Crippen molar-refractivity contribution in [3.8, 4) is 0 Å². The average molecular weight is 306 g/mol. The van der Waals surface area contributed by atoms with Gasteiger partial charge in [0.05, 0.1) is 18.1 Å². The molecule has 0 aromatic rings. The van der Waals surface area contributed by atoms with Gasteiger partial charge in [0.2, 0.25) is 0 Å². The summed E-state index contributed by atoms with van der Waals surface area (Å²) in [4.78, 5) is 11.1. The number of carboxylic acid groups (broad SMARTS) is 1. The molecule has 20 heavy (non-hydrogen) atoms. The molecule has 1 N–H and O–H groups in total. The van der Waals surface area contributed by atoms with Crippen LogP contribution in [0.1, 0.15) is 20.8 Å². The van der Waals surface area contributed by atoms with Crippen LogP contribution in [0.4, 0.5) is 0 Å². The molecule has 116 valence electrons. The summed E-state index contributed by atoms with van der Waals surface area (Å²) >= 11 is 0. The number of hydrogen-bond acceptors (Lipinski definition) is 4. The van der Waals surface area contributed by atoms with E-state index < -0.39 is 22.1 Å². The normalized spacial score (nSPS) is 37.1. The lowest BCUT2D eigenvalue weighted by Crippen LogP contribution is -2.52. The average Bonchev–Trinajstić information content (AvgIpc) is 2.70. The van der Waals surface area contributed by atoms with Gasteiger partial charge in [-0.3, -0.25) is 4.79 Å². The zero-order valence-corrected chi connectivity index (χ0v) is 12.8. The van der Waals surface area contributed by atoms with Crippen LogP contribution in [0.25, 0.3) is 0 Å². The summed E-state index contributed by atoms with van der Waals surface area (Å²) in [7, 11) is -3.60. The summed E-state index contributed by atoms with van der Waals surface area (Å²) < 4.78 is 33.4. The second-order valence-corrected chi connectivity index (χ2v) is 7.75. The lowest BCUT2D eigenvalue weighted by atomic mass is 9.99. The maximum absolute atomic E-state index is 12.6. The van der Waals surface area contributed by atoms with E-state index in [0.717, 1.165) is 0 Å². The molecule has 2 heterocycles. The van der Waals surface area contributed by atoms with Crippen LogP contribution in [0.15, 0.2) is 0 Å². The molecule has 2 rings (SSSR count). The van der Waals surface area contributed by atoms with Gasteiger partial charge < -0.3 is 9.84 Å². The Kier molecular flexibility index (Phi) is 4.38. The second kappa shape index (κ2) is 5.59. The van der Waals surface area contributed by atoms with E-state index in [2.05, 4.69) is 0 Å². The summed E-state index contributed by atoms with van der Waals surface area (Å²) in [5, 5.41) is 9.11. The predicted molar refractivity (Wildman–Crippen MR) is 72.4 cm³/mol. The SMILES string of the molecule is CC1CN(S(=O)(=O)N2CC(C)C(C(=O)O)C2)CC(C)O1. The van der Waals surface area contributed by atoms with Crippen LogP contribution in [-0.2, 0) is 19.7 Å². The lowest BCUT2D eigenvalue weighted by Gasteiger charge is -2.36. The van der Waals surface area contributed by atoms with E-state index in [1.807, 2.05) is 13.8 Å². The Morgan fingerprint density at radius 1 is 1.05 bits per heavy atom. The molecule has 0 aromatic carbocycles. The highest BCUT2D eigenvalue weighted by Gasteiger charge is 2.43. The van der Waals surface area contributed by atoms with Crippen molar-refractivity contribution >= 4 is 16.2 Å². The van der Waals surface area contributed by atoms with E-state index in [1.165, 1.54) is 8.61 Å². The first-order valence-electron chi connectivity index (χ1n) is 6.85. The van der Waals surface area contributed by atoms with Gasteiger partial charge in [-0.05, 0) is 19.8 Å². The number of aliphatic carboxylic acids is 1. The molecular weight excluding hydrogens is 284 g/mol. The highest BCUT2D eigenvalue weighted by Crippen LogP contribution is 2.28. The standard InChI is InChI=1S/C12H22N2O5S/c1-8-4-13(7-11(8)12(15)16)20(17,18)14-5-9(2)19-10(3)6-14/h8-11H,4-7H2,1-3H3,(H,15,16). The van der Waals surface area contributed by atoms with E-state index in [0.29, 0.717) is 13.1 Å². The smallest absolute Gasteiger partial charge is 0.308 e. The van der Waals surface area contributed by atoms with Gasteiger partial charge in [0, 0.05) is 26.2 Å². The first-order chi connectivity index (χ1) is 9.21. The number of rotatable bonds is 3. The largest absolute Gasteiger partial charge is 0.481 e. The van der Waals surface area contributed by atoms with Crippen molar-refractivity contribution in [2.45, 2.75) is 33.0 Å². The van der Waals surface area contributed by atoms with Crippen molar-refractivity contribution in [3.05, 3.63) is 0 Å². The van der Waals surface area contributed by atoms with Crippen molar-refractivity contribution < 1.29 is 23.1 Å². The van der Waals surface area contributed by atoms with E-state index in [-0.39, 0.29) is 31.2 Å². The molecule has 4 atom stereocenters. The van der Waals surface area contributed by atoms with Gasteiger partial charge in [0.25, 0.3) is 10.2 Å². The molecule has 2 fully saturated rings. The summed E-state index contributed by atoms with van der Waals surface area (Å²) in [5.74, 6) is -1.72. The van der Waals surface area contributed by atoms with Crippen LogP contribution in [0.3, 0.4) is 0 Å². The number of hydrogen-bond donors (Lipinski definition) is 1. The minimum Gasteiger partial charge on any atom is -0.481 e. The van der Waals surface area contributed by atoms with Crippen LogP contribution in [-0.4, -0.2) is 66.5 Å². The van der Waals surface area contributed by atoms with Crippen LogP contribution >= 0.6 is 0 Å². The van der Waals surface area contributed by atoms with Gasteiger partial charge in [0.15, 0.2) is 0 Å². The van der Waals surface area contributed by atoms with Gasteiger partial charge in [-0.15, -0.1) is 0 Å². The Labute approximate surface area is 119 Å². The maximum atomic E-state index is 12.6. The van der Waals surface area contributed by atoms with Gasteiger partial charge in [-0.25, -0.2) is 0 Å². The molecule has 2 saturated heterocycles. The lowest BCUT2D eigenvalue weighted by molar-refractivity contribution is -0.142. The Hall–Kier alpha value is -0.700. The molecule has 0 spiro atoms. The number of carbonyl (C=O) groups is 1. The van der Waals surface area contributed by atoms with Crippen molar-refractivity contribution in [2.24, 2.45) is 11.8 Å². The molecule has 4 unspecified atom stereocenters. The zero-order chi connectivity index (χ0) is 15.1. The van der Waals surface area contributed by atoms with Crippen LogP contribution in [0.2, 0.25) is 0 Å². The fourth-order valence-corrected chi connectivity index (χ4v) is 4.81. The summed E-state index contributed by atoms with van der Waals surface area (Å²) in [5.41, 5.74) is 0. The minimum atomic E-state index is -3.60. The fourth-order valence-electron chi connectivity index (χ4n) is 2.91. The maximum Gasteiger partial charge on any atom is 0.308 e. The molecule has 0 radical (unpaired) electrons. The Balaban J connectivity index is 2.13. The molecule has 0 saturated carbocycles. The third-order valence-corrected chi connectivity index (χ3v) is 5.84. The van der Waals surface area contributed by atoms with E-state index in [1.54, 1.807) is 6.92 Å². The Bertz CT molecular complexity index is 470. The Morgan fingerprint density at radius 2 is 1.55 bits per heavy atom. The number of carboxylic acids is 1. The highest BCUT2D eigenvalue weighted by atomic mass is 32.2. The molecule has 0 amide bonds. The van der Waals surface area contributed by atoms with Crippen molar-refractivity contribution in [2.75, 3.05) is 26.2 Å². The zero-order valence-electron chi connectivity index (χ0n) is 12.0. The van der Waals surface area contributed by atoms with Crippen LogP contribution in [0.5, 0.6) is 0 Å². The molecule has 2 aliphatic rings. The Morgan fingerprint density at radius 3 is 2.00 bits per heavy atom. The van der Waals surface area contributed by atoms with Crippen molar-refractivity contribution in [3.63, 3.8) is 0 Å². The van der Waals surface area contributed by atoms with E-state index >= 15 is 0 Å². The first-order valence-corrected chi connectivity index (χ1v) is 8.25. The fraction of sp³-hybridized carbons (Fsp3) is 0.917. The quantitative estimate of drug-likeness (QED) is 0.792. The molecular formula is C12H22N2O5S. The number of nitrogens with zero attached hydrogens (tertiary/aromatic N) is 2. The molecule has 0 aliphatic carbocycles. The molecule has 8 heteroatoms. The monoisotopic (exact) mass is 306 g/mol. The van der Waals surface area contributed by atoms with E-state index in [9.17, 15) is 13.2 Å². The predicted octanol–water partition coefficient (Wildman–Crippen LogP) is -0.00710. The second-order valence-electron chi connectivity index (χ2n) is 5.82. The van der Waals surface area contributed by atoms with Gasteiger partial charge >= 0.3 is 5.97 Å². The molecule has 2 aliphatic heterocycles. The summed E-state index contributed by atoms with van der Waals surface area (Å²) in [6.07, 6.45) is -0.298. The van der Waals surface area contributed by atoms with E-state index in [4.69, 9.17) is 9.84 Å². The third-order valence-electron chi connectivity index (χ3n) is 3.93. The first kappa shape index (κ1) is 15.7. The molecule has 7 nitrogen and oxygen atoms in total. The highest BCUT2D eigenvalue weighted by molar-refractivity contribution is 7.86. The van der Waals surface area contributed by atoms with Crippen molar-refractivity contribution in [1.82, 2.24) is 8.61 Å². The van der Waals surface area contributed by atoms with Gasteiger partial charge in [-0.2, -0.15) is 17.0 Å². The number of morpholine rings is 1. The number of ether oxygens (including phenoxy) is 1. The summed E-state index contributed by atoms with van der Waals surface area (Å²) in [6, 6.07) is 0. The van der Waals surface area contributed by atoms with Crippen molar-refractivity contribution in [1.29, 1.82) is 0 Å².